The molecule has 12 heteroatoms. The van der Waals surface area contributed by atoms with E-state index >= 15 is 0 Å². The highest BCUT2D eigenvalue weighted by Gasteiger charge is 2.72. The minimum Gasteiger partial charge on any atom is -0.480 e. The summed E-state index contributed by atoms with van der Waals surface area (Å²) in [6.07, 6.45) is -4.74. The molecule has 1 aromatic carbocycles. The normalized spacial score (nSPS) is 35.8. The molecule has 4 aliphatic carbocycles. The molecule has 8 nitrogen and oxygen atoms in total. The molecular formula is C22H21ClF3N3O5. The van der Waals surface area contributed by atoms with Crippen molar-refractivity contribution in [1.82, 2.24) is 15.5 Å². The fourth-order valence-corrected chi connectivity index (χ4v) is 5.91. The van der Waals surface area contributed by atoms with Gasteiger partial charge in [-0.2, -0.15) is 0 Å². The van der Waals surface area contributed by atoms with Crippen LogP contribution >= 0.6 is 11.6 Å². The van der Waals surface area contributed by atoms with Crippen LogP contribution in [0.1, 0.15) is 67.9 Å². The number of carbonyl (C=O) groups is 1. The van der Waals surface area contributed by atoms with E-state index in [0.717, 1.165) is 0 Å². The number of rotatable bonds is 5. The first kappa shape index (κ1) is 22.1. The van der Waals surface area contributed by atoms with E-state index in [-0.39, 0.29) is 42.0 Å². The number of nitrogens with zero attached hydrogens (tertiary/aromatic N) is 2. The molecule has 0 spiro atoms. The van der Waals surface area contributed by atoms with Gasteiger partial charge >= 0.3 is 6.36 Å². The summed E-state index contributed by atoms with van der Waals surface area (Å²) in [5.74, 6) is 0.721. The molecule has 7 rings (SSSR count). The van der Waals surface area contributed by atoms with Crippen molar-refractivity contribution >= 4 is 17.5 Å². The summed E-state index contributed by atoms with van der Waals surface area (Å²) in [6, 6.07) is 4.92. The van der Waals surface area contributed by atoms with Crippen molar-refractivity contribution in [3.05, 3.63) is 40.6 Å². The van der Waals surface area contributed by atoms with Crippen molar-refractivity contribution in [3.8, 4) is 5.75 Å². The predicted molar refractivity (Wildman–Crippen MR) is 109 cm³/mol. The third-order valence-electron chi connectivity index (χ3n) is 7.39. The molecule has 0 saturated heterocycles. The molecule has 2 aromatic rings. The summed E-state index contributed by atoms with van der Waals surface area (Å²) in [5.41, 5.74) is -0.112. The predicted octanol–water partition coefficient (Wildman–Crippen LogP) is 3.68. The molecule has 1 aromatic heterocycles. The number of hydrogen-bond acceptors (Lipinski definition) is 7. The Labute approximate surface area is 196 Å². The lowest BCUT2D eigenvalue weighted by atomic mass is 9.39. The van der Waals surface area contributed by atoms with Crippen molar-refractivity contribution in [1.29, 1.82) is 0 Å². The summed E-state index contributed by atoms with van der Waals surface area (Å²) >= 11 is 5.97. The topological polar surface area (TPSA) is 107 Å². The highest BCUT2D eigenvalue weighted by atomic mass is 35.5. The van der Waals surface area contributed by atoms with Gasteiger partial charge in [0.1, 0.15) is 5.75 Å². The fraction of sp³-hybridized carbons (Fsp3) is 0.591. The Kier molecular flexibility index (Phi) is 4.76. The van der Waals surface area contributed by atoms with Crippen molar-refractivity contribution in [2.45, 2.75) is 80.1 Å². The monoisotopic (exact) mass is 499 g/mol. The SMILES string of the molecule is O=C(NC12CC(c3nnc(C4CC(OC(F)(F)F)C4)o3)(C1)C2)[C@H]1C[C@H](O)c2cc(Cl)ccc2O1. The van der Waals surface area contributed by atoms with Crippen LogP contribution in [0.3, 0.4) is 0 Å². The molecule has 0 radical (unpaired) electrons. The highest BCUT2D eigenvalue weighted by molar-refractivity contribution is 6.30. The first-order valence-electron chi connectivity index (χ1n) is 11.1. The Morgan fingerprint density at radius 3 is 2.65 bits per heavy atom. The summed E-state index contributed by atoms with van der Waals surface area (Å²) < 4.78 is 52.5. The van der Waals surface area contributed by atoms with Crippen LogP contribution in [0.2, 0.25) is 5.02 Å². The standard InChI is InChI=1S/C22H21ClF3N3O5/c23-11-1-2-15-13(5-11)14(30)6-16(32-15)17(31)27-21-7-20(8-21,9-21)19-29-28-18(33-19)10-3-12(4-10)34-22(24,25)26/h1-2,5,10,12,14,16,30H,3-4,6-9H2,(H,27,31)/t10?,12?,14-,16+,20?,21?/m0/s1. The van der Waals surface area contributed by atoms with Gasteiger partial charge in [-0.15, -0.1) is 23.4 Å². The molecule has 2 bridgehead atoms. The first-order valence-corrected chi connectivity index (χ1v) is 11.5. The van der Waals surface area contributed by atoms with Crippen LogP contribution in [-0.2, 0) is 14.9 Å². The van der Waals surface area contributed by atoms with E-state index in [4.69, 9.17) is 20.8 Å². The van der Waals surface area contributed by atoms with Crippen molar-refractivity contribution in [3.63, 3.8) is 0 Å². The molecule has 34 heavy (non-hydrogen) atoms. The molecule has 2 atom stereocenters. The van der Waals surface area contributed by atoms with E-state index in [0.29, 0.717) is 47.4 Å². The van der Waals surface area contributed by atoms with Gasteiger partial charge < -0.3 is 19.6 Å². The van der Waals surface area contributed by atoms with E-state index in [9.17, 15) is 23.1 Å². The van der Waals surface area contributed by atoms with Crippen LogP contribution < -0.4 is 10.1 Å². The van der Waals surface area contributed by atoms with Gasteiger partial charge in [0, 0.05) is 28.5 Å². The summed E-state index contributed by atoms with van der Waals surface area (Å²) in [4.78, 5) is 12.8. The Morgan fingerprint density at radius 1 is 1.21 bits per heavy atom. The first-order chi connectivity index (χ1) is 16.0. The number of hydrogen-bond donors (Lipinski definition) is 2. The lowest BCUT2D eigenvalue weighted by Gasteiger charge is -2.68. The number of fused-ring (bicyclic) bond motifs is 1. The number of aliphatic hydroxyl groups is 1. The van der Waals surface area contributed by atoms with Crippen LogP contribution in [0.15, 0.2) is 22.6 Å². The number of alkyl halides is 3. The van der Waals surface area contributed by atoms with E-state index in [1.54, 1.807) is 18.2 Å². The number of ether oxygens (including phenoxy) is 2. The number of carbonyl (C=O) groups excluding carboxylic acids is 1. The summed E-state index contributed by atoms with van der Waals surface area (Å²) in [6.45, 7) is 0. The maximum Gasteiger partial charge on any atom is 0.522 e. The quantitative estimate of drug-likeness (QED) is 0.646. The third-order valence-corrected chi connectivity index (χ3v) is 7.62. The van der Waals surface area contributed by atoms with Gasteiger partial charge in [0.2, 0.25) is 11.8 Å². The number of nitrogens with one attached hydrogen (secondary N) is 1. The van der Waals surface area contributed by atoms with E-state index in [1.165, 1.54) is 0 Å². The summed E-state index contributed by atoms with van der Waals surface area (Å²) in [7, 11) is 0. The molecule has 182 valence electrons. The smallest absolute Gasteiger partial charge is 0.480 e. The number of halogens is 4. The molecular weight excluding hydrogens is 479 g/mol. The number of benzene rings is 1. The zero-order valence-corrected chi connectivity index (χ0v) is 18.5. The zero-order valence-electron chi connectivity index (χ0n) is 17.8. The second-order valence-electron chi connectivity index (χ2n) is 9.92. The van der Waals surface area contributed by atoms with Crippen LogP contribution in [0, 0.1) is 0 Å². The minimum atomic E-state index is -4.64. The van der Waals surface area contributed by atoms with Gasteiger partial charge in [-0.25, -0.2) is 0 Å². The Bertz CT molecular complexity index is 1130. The summed E-state index contributed by atoms with van der Waals surface area (Å²) in [5, 5.41) is 22.1. The van der Waals surface area contributed by atoms with Crippen LogP contribution in [0.25, 0.3) is 0 Å². The average Bonchev–Trinajstić information content (AvgIpc) is 3.14. The van der Waals surface area contributed by atoms with Gasteiger partial charge in [0.25, 0.3) is 5.91 Å². The van der Waals surface area contributed by atoms with Crippen molar-refractivity contribution < 1.29 is 37.0 Å². The Hall–Kier alpha value is -2.37. The Balaban J connectivity index is 1.03. The number of aromatic nitrogens is 2. The maximum atomic E-state index is 12.8. The zero-order chi connectivity index (χ0) is 23.9. The van der Waals surface area contributed by atoms with Gasteiger partial charge in [-0.1, -0.05) is 11.6 Å². The van der Waals surface area contributed by atoms with Crippen LogP contribution in [0.4, 0.5) is 13.2 Å². The van der Waals surface area contributed by atoms with Crippen LogP contribution in [0.5, 0.6) is 5.75 Å². The molecule has 0 unspecified atom stereocenters. The second-order valence-corrected chi connectivity index (χ2v) is 10.4. The second kappa shape index (κ2) is 7.32. The van der Waals surface area contributed by atoms with Crippen LogP contribution in [-0.4, -0.2) is 45.3 Å². The molecule has 5 aliphatic rings. The molecule has 1 amide bonds. The maximum absolute atomic E-state index is 12.8. The van der Waals surface area contributed by atoms with Crippen molar-refractivity contribution in [2.75, 3.05) is 0 Å². The minimum absolute atomic E-state index is 0.133. The number of aliphatic hydroxyl groups excluding tert-OH is 1. The van der Waals surface area contributed by atoms with E-state index < -0.39 is 24.7 Å². The Morgan fingerprint density at radius 2 is 1.94 bits per heavy atom. The molecule has 2 heterocycles. The van der Waals surface area contributed by atoms with Gasteiger partial charge in [0.15, 0.2) is 6.10 Å². The molecule has 1 aliphatic heterocycles. The van der Waals surface area contributed by atoms with Gasteiger partial charge in [-0.3, -0.25) is 9.53 Å². The fourth-order valence-electron chi connectivity index (χ4n) is 5.73. The van der Waals surface area contributed by atoms with Gasteiger partial charge in [-0.05, 0) is 50.3 Å². The van der Waals surface area contributed by atoms with Gasteiger partial charge in [0.05, 0.1) is 17.6 Å². The van der Waals surface area contributed by atoms with E-state index in [2.05, 4.69) is 20.3 Å². The molecule has 4 fully saturated rings. The lowest BCUT2D eigenvalue weighted by Crippen LogP contribution is -2.77. The lowest BCUT2D eigenvalue weighted by molar-refractivity contribution is -0.352. The largest absolute Gasteiger partial charge is 0.522 e. The third kappa shape index (κ3) is 3.64. The molecule has 4 saturated carbocycles. The number of amides is 1. The highest BCUT2D eigenvalue weighted by Crippen LogP contribution is 2.67. The molecule has 2 N–H and O–H groups in total. The van der Waals surface area contributed by atoms with Crippen molar-refractivity contribution in [2.24, 2.45) is 0 Å². The van der Waals surface area contributed by atoms with E-state index in [1.807, 2.05) is 0 Å². The average molecular weight is 500 g/mol.